The zero-order chi connectivity index (χ0) is 19.0. The van der Waals surface area contributed by atoms with Crippen LogP contribution in [0.1, 0.15) is 51.0 Å². The number of rotatable bonds is 8. The number of benzene rings is 1. The smallest absolute Gasteiger partial charge is 0.216 e. The monoisotopic (exact) mass is 361 g/mol. The summed E-state index contributed by atoms with van der Waals surface area (Å²) in [5.41, 5.74) is 6.28. The molecule has 1 saturated carbocycles. The van der Waals surface area contributed by atoms with Gasteiger partial charge in [-0.15, -0.1) is 0 Å². The maximum atomic E-state index is 11.0. The second kappa shape index (κ2) is 9.57. The second-order valence-corrected chi connectivity index (χ2v) is 7.49. The number of nitrogens with zero attached hydrogens (tertiary/aromatic N) is 2. The number of hydrogen-bond donors (Lipinski definition) is 2. The summed E-state index contributed by atoms with van der Waals surface area (Å²) in [6, 6.07) is 7.40. The van der Waals surface area contributed by atoms with Crippen molar-refractivity contribution < 1.29 is 14.6 Å². The van der Waals surface area contributed by atoms with Gasteiger partial charge in [0.1, 0.15) is 12.4 Å². The van der Waals surface area contributed by atoms with Crippen molar-refractivity contribution in [1.29, 1.82) is 0 Å². The number of amides is 1. The number of carbonyl (C=O) groups excluding carboxylic acids is 1. The molecule has 1 atom stereocenters. The van der Waals surface area contributed by atoms with Crippen molar-refractivity contribution in [1.82, 2.24) is 4.90 Å². The first kappa shape index (κ1) is 20.2. The molecule has 0 saturated heterocycles. The summed E-state index contributed by atoms with van der Waals surface area (Å²) < 4.78 is 5.99. The summed E-state index contributed by atoms with van der Waals surface area (Å²) in [7, 11) is 1.60. The van der Waals surface area contributed by atoms with Crippen LogP contribution in [0.2, 0.25) is 0 Å². The van der Waals surface area contributed by atoms with Gasteiger partial charge in [0.05, 0.1) is 12.1 Å². The summed E-state index contributed by atoms with van der Waals surface area (Å²) in [6.07, 6.45) is 7.76. The van der Waals surface area contributed by atoms with E-state index in [1.165, 1.54) is 37.0 Å². The largest absolute Gasteiger partial charge is 0.491 e. The van der Waals surface area contributed by atoms with Crippen molar-refractivity contribution in [2.45, 2.75) is 57.6 Å². The Balaban J connectivity index is 2.13. The first-order valence-corrected chi connectivity index (χ1v) is 9.32. The lowest BCUT2D eigenvalue weighted by Crippen LogP contribution is -2.41. The van der Waals surface area contributed by atoms with E-state index in [1.54, 1.807) is 7.05 Å². The molecule has 144 valence electrons. The third-order valence-corrected chi connectivity index (χ3v) is 4.99. The van der Waals surface area contributed by atoms with Crippen LogP contribution >= 0.6 is 0 Å². The molecule has 3 N–H and O–H groups in total. The Morgan fingerprint density at radius 2 is 2.15 bits per heavy atom. The highest BCUT2D eigenvalue weighted by Gasteiger charge is 2.30. The van der Waals surface area contributed by atoms with Gasteiger partial charge >= 0.3 is 0 Å². The van der Waals surface area contributed by atoms with Gasteiger partial charge in [-0.3, -0.25) is 9.69 Å². The van der Waals surface area contributed by atoms with Crippen molar-refractivity contribution in [3.8, 4) is 5.75 Å². The van der Waals surface area contributed by atoms with Gasteiger partial charge in [0.25, 0.3) is 0 Å². The van der Waals surface area contributed by atoms with E-state index >= 15 is 0 Å². The van der Waals surface area contributed by atoms with Crippen LogP contribution in [0.25, 0.3) is 0 Å². The third-order valence-electron chi connectivity index (χ3n) is 4.99. The summed E-state index contributed by atoms with van der Waals surface area (Å²) in [6.45, 7) is 2.38. The maximum absolute atomic E-state index is 11.0. The lowest BCUT2D eigenvalue weighted by Gasteiger charge is -2.32. The summed E-state index contributed by atoms with van der Waals surface area (Å²) in [5.74, 6) is 1.49. The molecule has 0 spiro atoms. The normalized spacial score (nSPS) is 18.2. The number of aliphatic hydroxyl groups excluding tert-OH is 1. The van der Waals surface area contributed by atoms with Crippen LogP contribution in [-0.4, -0.2) is 41.6 Å². The predicted octanol–water partition coefficient (Wildman–Crippen LogP) is 2.69. The molecule has 1 aromatic carbocycles. The zero-order valence-electron chi connectivity index (χ0n) is 15.9. The van der Waals surface area contributed by atoms with E-state index in [4.69, 9.17) is 10.5 Å². The minimum Gasteiger partial charge on any atom is -0.491 e. The molecule has 0 heterocycles. The minimum atomic E-state index is -0.515. The van der Waals surface area contributed by atoms with Crippen molar-refractivity contribution >= 4 is 12.4 Å². The van der Waals surface area contributed by atoms with Crippen LogP contribution in [0, 0.1) is 5.92 Å². The Labute approximate surface area is 156 Å². The van der Waals surface area contributed by atoms with Gasteiger partial charge in [-0.25, -0.2) is 4.99 Å². The lowest BCUT2D eigenvalue weighted by atomic mass is 9.80. The van der Waals surface area contributed by atoms with Gasteiger partial charge in [-0.1, -0.05) is 44.2 Å². The zero-order valence-corrected chi connectivity index (χ0v) is 15.9. The molecule has 0 aromatic heterocycles. The van der Waals surface area contributed by atoms with E-state index < -0.39 is 5.54 Å². The molecule has 1 aromatic rings. The highest BCUT2D eigenvalue weighted by Crippen LogP contribution is 2.33. The second-order valence-electron chi connectivity index (χ2n) is 7.49. The van der Waals surface area contributed by atoms with Crippen molar-refractivity contribution in [3.05, 3.63) is 29.8 Å². The molecule has 0 radical (unpaired) electrons. The Hall–Kier alpha value is -2.08. The standard InChI is InChI=1S/C20H31N3O3/c1-20(22-19(21)23(2)15-25,12-16-7-4-3-5-8-16)14-26-18-10-6-9-17(11-18)13-24/h6,9-11,15-16,24H,3-5,7-8,12-14H2,1-2H3,(H2,21,22). The van der Waals surface area contributed by atoms with E-state index in [9.17, 15) is 9.90 Å². The highest BCUT2D eigenvalue weighted by molar-refractivity contribution is 5.87. The van der Waals surface area contributed by atoms with Gasteiger partial charge in [0.2, 0.25) is 6.41 Å². The minimum absolute atomic E-state index is 0.0221. The number of guanidine groups is 1. The molecule has 1 unspecified atom stereocenters. The van der Waals surface area contributed by atoms with E-state index in [-0.39, 0.29) is 12.6 Å². The van der Waals surface area contributed by atoms with Crippen LogP contribution in [0.5, 0.6) is 5.75 Å². The van der Waals surface area contributed by atoms with Crippen LogP contribution in [-0.2, 0) is 11.4 Å². The quantitative estimate of drug-likeness (QED) is 0.423. The molecular formula is C20H31N3O3. The van der Waals surface area contributed by atoms with Crippen LogP contribution in [0.15, 0.2) is 29.3 Å². The molecule has 1 fully saturated rings. The van der Waals surface area contributed by atoms with E-state index in [0.29, 0.717) is 24.7 Å². The fraction of sp³-hybridized carbons (Fsp3) is 0.600. The van der Waals surface area contributed by atoms with Crippen molar-refractivity contribution in [2.24, 2.45) is 16.6 Å². The molecular weight excluding hydrogens is 330 g/mol. The molecule has 0 bridgehead atoms. The van der Waals surface area contributed by atoms with E-state index in [1.807, 2.05) is 31.2 Å². The summed E-state index contributed by atoms with van der Waals surface area (Å²) in [4.78, 5) is 16.9. The average Bonchev–Trinajstić information content (AvgIpc) is 2.66. The van der Waals surface area contributed by atoms with E-state index in [0.717, 1.165) is 12.0 Å². The molecule has 1 aliphatic carbocycles. The molecule has 26 heavy (non-hydrogen) atoms. The first-order valence-electron chi connectivity index (χ1n) is 9.32. The lowest BCUT2D eigenvalue weighted by molar-refractivity contribution is -0.114. The Bertz CT molecular complexity index is 614. The van der Waals surface area contributed by atoms with Crippen LogP contribution in [0.4, 0.5) is 0 Å². The topological polar surface area (TPSA) is 88.2 Å². The summed E-state index contributed by atoms with van der Waals surface area (Å²) >= 11 is 0. The van der Waals surface area contributed by atoms with Crippen LogP contribution < -0.4 is 10.5 Å². The Morgan fingerprint density at radius 3 is 2.81 bits per heavy atom. The molecule has 1 amide bonds. The number of nitrogens with two attached hydrogens (primary N) is 1. The number of aliphatic imine (C=N–C) groups is 1. The Morgan fingerprint density at radius 1 is 1.42 bits per heavy atom. The molecule has 1 aliphatic rings. The molecule has 0 aliphatic heterocycles. The van der Waals surface area contributed by atoms with Gasteiger partial charge in [0.15, 0.2) is 5.96 Å². The van der Waals surface area contributed by atoms with Gasteiger partial charge in [-0.05, 0) is 37.0 Å². The average molecular weight is 361 g/mol. The van der Waals surface area contributed by atoms with Crippen molar-refractivity contribution in [2.75, 3.05) is 13.7 Å². The van der Waals surface area contributed by atoms with Gasteiger partial charge < -0.3 is 15.6 Å². The molecule has 6 heteroatoms. The number of carbonyl (C=O) groups is 1. The van der Waals surface area contributed by atoms with Gasteiger partial charge in [-0.2, -0.15) is 0 Å². The fourth-order valence-electron chi connectivity index (χ4n) is 3.53. The van der Waals surface area contributed by atoms with E-state index in [2.05, 4.69) is 4.99 Å². The van der Waals surface area contributed by atoms with Gasteiger partial charge in [0, 0.05) is 7.05 Å². The predicted molar refractivity (Wildman–Crippen MR) is 103 cm³/mol. The molecule has 2 rings (SSSR count). The Kier molecular flexibility index (Phi) is 7.45. The SMILES string of the molecule is CN(C=O)C(N)=NC(C)(COc1cccc(CO)c1)CC1CCCCC1. The van der Waals surface area contributed by atoms with Crippen LogP contribution in [0.3, 0.4) is 0 Å². The van der Waals surface area contributed by atoms with Crippen molar-refractivity contribution in [3.63, 3.8) is 0 Å². The highest BCUT2D eigenvalue weighted by atomic mass is 16.5. The fourth-order valence-corrected chi connectivity index (χ4v) is 3.53. The summed E-state index contributed by atoms with van der Waals surface area (Å²) in [5, 5.41) is 9.28. The third kappa shape index (κ3) is 6.02. The number of hydrogen-bond acceptors (Lipinski definition) is 4. The maximum Gasteiger partial charge on any atom is 0.216 e. The first-order chi connectivity index (χ1) is 12.5. The number of ether oxygens (including phenoxy) is 1. The number of aliphatic hydroxyl groups is 1. The molecule has 6 nitrogen and oxygen atoms in total.